The van der Waals surface area contributed by atoms with E-state index in [4.69, 9.17) is 14.6 Å². The number of hydrogen-bond acceptors (Lipinski definition) is 3. The van der Waals surface area contributed by atoms with Crippen molar-refractivity contribution >= 4 is 0 Å². The van der Waals surface area contributed by atoms with E-state index in [1.165, 1.54) is 38.5 Å². The van der Waals surface area contributed by atoms with Crippen molar-refractivity contribution in [1.82, 2.24) is 0 Å². The van der Waals surface area contributed by atoms with Crippen LogP contribution in [0, 0.1) is 11.8 Å². The van der Waals surface area contributed by atoms with Crippen LogP contribution in [-0.2, 0) is 9.47 Å². The molecule has 1 heterocycles. The maximum atomic E-state index is 9.08. The fraction of sp³-hybridized carbons (Fsp3) is 1.00. The molecule has 1 atom stereocenters. The van der Waals surface area contributed by atoms with E-state index in [-0.39, 0.29) is 6.29 Å². The normalized spacial score (nSPS) is 34.8. The number of hydrogen-bond donors (Lipinski definition) is 1. The van der Waals surface area contributed by atoms with Crippen LogP contribution in [0.4, 0.5) is 0 Å². The van der Waals surface area contributed by atoms with Crippen LogP contribution in [0.15, 0.2) is 0 Å². The molecule has 1 N–H and O–H groups in total. The summed E-state index contributed by atoms with van der Waals surface area (Å²) in [5.41, 5.74) is 0. The zero-order chi connectivity index (χ0) is 11.9. The molecule has 0 aromatic heterocycles. The number of aliphatic hydroxyl groups is 1. The summed E-state index contributed by atoms with van der Waals surface area (Å²) in [5, 5.41) is 9.08. The number of ether oxygens (including phenoxy) is 2. The van der Waals surface area contributed by atoms with Gasteiger partial charge >= 0.3 is 0 Å². The van der Waals surface area contributed by atoms with Crippen molar-refractivity contribution in [3.8, 4) is 0 Å². The van der Waals surface area contributed by atoms with Gasteiger partial charge < -0.3 is 14.6 Å². The smallest absolute Gasteiger partial charge is 0.157 e. The minimum Gasteiger partial charge on any atom is -0.396 e. The average molecular weight is 242 g/mol. The van der Waals surface area contributed by atoms with Crippen molar-refractivity contribution < 1.29 is 14.6 Å². The minimum absolute atomic E-state index is 0.0672. The number of rotatable bonds is 5. The Labute approximate surface area is 104 Å². The highest BCUT2D eigenvalue weighted by atomic mass is 16.7. The summed E-state index contributed by atoms with van der Waals surface area (Å²) in [4.78, 5) is 0. The van der Waals surface area contributed by atoms with Crippen molar-refractivity contribution in [1.29, 1.82) is 0 Å². The van der Waals surface area contributed by atoms with Gasteiger partial charge in [-0.25, -0.2) is 0 Å². The molecular weight excluding hydrogens is 216 g/mol. The van der Waals surface area contributed by atoms with Crippen molar-refractivity contribution in [3.63, 3.8) is 0 Å². The summed E-state index contributed by atoms with van der Waals surface area (Å²) in [6.45, 7) is 2.09. The van der Waals surface area contributed by atoms with Crippen molar-refractivity contribution in [3.05, 3.63) is 0 Å². The van der Waals surface area contributed by atoms with E-state index in [0.717, 1.165) is 32.0 Å². The largest absolute Gasteiger partial charge is 0.396 e. The molecular formula is C14H26O3. The first-order chi connectivity index (χ1) is 8.38. The standard InChI is InChI=1S/C14H26O3/c15-11-13-6-4-12(5-7-13)8-10-17-14-3-1-2-9-16-14/h12-15H,1-11H2/t12-,13-,14?. The molecule has 0 aromatic rings. The lowest BCUT2D eigenvalue weighted by Gasteiger charge is -2.28. The number of aliphatic hydroxyl groups excluding tert-OH is 1. The Morgan fingerprint density at radius 2 is 1.76 bits per heavy atom. The molecule has 1 aliphatic heterocycles. The summed E-state index contributed by atoms with van der Waals surface area (Å²) < 4.78 is 11.3. The van der Waals surface area contributed by atoms with Crippen molar-refractivity contribution in [2.75, 3.05) is 19.8 Å². The molecule has 2 aliphatic rings. The van der Waals surface area contributed by atoms with Crippen LogP contribution in [0.25, 0.3) is 0 Å². The van der Waals surface area contributed by atoms with E-state index < -0.39 is 0 Å². The van der Waals surface area contributed by atoms with Gasteiger partial charge in [-0.1, -0.05) is 12.8 Å². The lowest BCUT2D eigenvalue weighted by molar-refractivity contribution is -0.164. The van der Waals surface area contributed by atoms with E-state index >= 15 is 0 Å². The third-order valence-electron chi connectivity index (χ3n) is 4.19. The van der Waals surface area contributed by atoms with Crippen LogP contribution in [0.3, 0.4) is 0 Å². The fourth-order valence-electron chi connectivity index (χ4n) is 2.91. The van der Waals surface area contributed by atoms with Gasteiger partial charge in [0, 0.05) is 19.8 Å². The van der Waals surface area contributed by atoms with Gasteiger partial charge in [0.2, 0.25) is 0 Å². The van der Waals surface area contributed by atoms with E-state index in [2.05, 4.69) is 0 Å². The van der Waals surface area contributed by atoms with Gasteiger partial charge in [-0.05, 0) is 50.4 Å². The first kappa shape index (κ1) is 13.3. The summed E-state index contributed by atoms with van der Waals surface area (Å²) in [6, 6.07) is 0. The molecule has 0 radical (unpaired) electrons. The quantitative estimate of drug-likeness (QED) is 0.805. The third kappa shape index (κ3) is 4.57. The van der Waals surface area contributed by atoms with Crippen LogP contribution < -0.4 is 0 Å². The van der Waals surface area contributed by atoms with Gasteiger partial charge in [-0.15, -0.1) is 0 Å². The zero-order valence-electron chi connectivity index (χ0n) is 10.8. The maximum Gasteiger partial charge on any atom is 0.157 e. The molecule has 0 amide bonds. The molecule has 0 aromatic carbocycles. The van der Waals surface area contributed by atoms with Gasteiger partial charge in [0.25, 0.3) is 0 Å². The van der Waals surface area contributed by atoms with E-state index in [9.17, 15) is 0 Å². The molecule has 3 heteroatoms. The Balaban J connectivity index is 1.53. The second kappa shape index (κ2) is 7.34. The summed E-state index contributed by atoms with van der Waals surface area (Å²) >= 11 is 0. The Morgan fingerprint density at radius 1 is 1.00 bits per heavy atom. The second-order valence-corrected chi connectivity index (χ2v) is 5.52. The zero-order valence-corrected chi connectivity index (χ0v) is 10.8. The van der Waals surface area contributed by atoms with E-state index in [1.54, 1.807) is 0 Å². The van der Waals surface area contributed by atoms with Gasteiger partial charge in [-0.2, -0.15) is 0 Å². The highest BCUT2D eigenvalue weighted by molar-refractivity contribution is 4.72. The molecule has 17 heavy (non-hydrogen) atoms. The van der Waals surface area contributed by atoms with Crippen LogP contribution in [0.5, 0.6) is 0 Å². The Morgan fingerprint density at radius 3 is 2.41 bits per heavy atom. The molecule has 3 nitrogen and oxygen atoms in total. The van der Waals surface area contributed by atoms with Crippen molar-refractivity contribution in [2.24, 2.45) is 11.8 Å². The van der Waals surface area contributed by atoms with Crippen molar-refractivity contribution in [2.45, 2.75) is 57.7 Å². The van der Waals surface area contributed by atoms with Gasteiger partial charge in [-0.3, -0.25) is 0 Å². The lowest BCUT2D eigenvalue weighted by atomic mass is 9.81. The second-order valence-electron chi connectivity index (χ2n) is 5.52. The van der Waals surface area contributed by atoms with Crippen LogP contribution in [0.2, 0.25) is 0 Å². The first-order valence-corrected chi connectivity index (χ1v) is 7.22. The van der Waals surface area contributed by atoms with Crippen LogP contribution in [0.1, 0.15) is 51.4 Å². The molecule has 2 rings (SSSR count). The highest BCUT2D eigenvalue weighted by Gasteiger charge is 2.21. The monoisotopic (exact) mass is 242 g/mol. The third-order valence-corrected chi connectivity index (χ3v) is 4.19. The first-order valence-electron chi connectivity index (χ1n) is 7.22. The predicted molar refractivity (Wildman–Crippen MR) is 66.7 cm³/mol. The predicted octanol–water partition coefficient (Wildman–Crippen LogP) is 2.72. The van der Waals surface area contributed by atoms with Crippen LogP contribution in [-0.4, -0.2) is 31.2 Å². The lowest BCUT2D eigenvalue weighted by Crippen LogP contribution is -2.24. The molecule has 1 unspecified atom stereocenters. The maximum absolute atomic E-state index is 9.08. The van der Waals surface area contributed by atoms with Gasteiger partial charge in [0.1, 0.15) is 0 Å². The van der Waals surface area contributed by atoms with E-state index in [0.29, 0.717) is 12.5 Å². The molecule has 0 spiro atoms. The Hall–Kier alpha value is -0.120. The summed E-state index contributed by atoms with van der Waals surface area (Å²) in [7, 11) is 0. The average Bonchev–Trinajstić information content (AvgIpc) is 2.41. The highest BCUT2D eigenvalue weighted by Crippen LogP contribution is 2.30. The minimum atomic E-state index is 0.0672. The summed E-state index contributed by atoms with van der Waals surface area (Å²) in [6.07, 6.45) is 9.65. The molecule has 100 valence electrons. The Bertz CT molecular complexity index is 194. The van der Waals surface area contributed by atoms with Gasteiger partial charge in [0.15, 0.2) is 6.29 Å². The molecule has 1 aliphatic carbocycles. The molecule has 0 bridgehead atoms. The SMILES string of the molecule is OC[C@H]1CC[C@H](CCOC2CCCCO2)CC1. The Kier molecular flexibility index (Phi) is 5.75. The van der Waals surface area contributed by atoms with Gasteiger partial charge in [0.05, 0.1) is 0 Å². The molecule has 1 saturated heterocycles. The topological polar surface area (TPSA) is 38.7 Å². The molecule has 2 fully saturated rings. The summed E-state index contributed by atoms with van der Waals surface area (Å²) in [5.74, 6) is 1.37. The van der Waals surface area contributed by atoms with Crippen LogP contribution >= 0.6 is 0 Å². The fourth-order valence-corrected chi connectivity index (χ4v) is 2.91. The van der Waals surface area contributed by atoms with E-state index in [1.807, 2.05) is 0 Å². The molecule has 1 saturated carbocycles.